The van der Waals surface area contributed by atoms with Crippen molar-refractivity contribution in [2.75, 3.05) is 13.6 Å². The van der Waals surface area contributed by atoms with Gasteiger partial charge in [0.15, 0.2) is 0 Å². The molecule has 0 aromatic heterocycles. The number of nitrogens with zero attached hydrogens (tertiary/aromatic N) is 1. The normalized spacial score (nSPS) is 16.8. The Labute approximate surface area is 125 Å². The fourth-order valence-corrected chi connectivity index (χ4v) is 2.84. The molecule has 1 unspecified atom stereocenters. The second kappa shape index (κ2) is 7.41. The van der Waals surface area contributed by atoms with Crippen molar-refractivity contribution in [3.63, 3.8) is 0 Å². The number of hydrogen-bond donors (Lipinski definition) is 1. The summed E-state index contributed by atoms with van der Waals surface area (Å²) in [5.74, 6) is 0. The van der Waals surface area contributed by atoms with E-state index in [-0.39, 0.29) is 0 Å². The minimum absolute atomic E-state index is 0.637. The summed E-state index contributed by atoms with van der Waals surface area (Å²) in [5, 5.41) is 3.67. The maximum absolute atomic E-state index is 3.67. The molecule has 1 aliphatic rings. The molecule has 19 heavy (non-hydrogen) atoms. The molecule has 0 radical (unpaired) electrons. The van der Waals surface area contributed by atoms with E-state index in [1.807, 2.05) is 0 Å². The molecule has 1 N–H and O–H groups in total. The maximum Gasteiger partial charge on any atom is 0.0245 e. The third kappa shape index (κ3) is 4.90. The Morgan fingerprint density at radius 2 is 2.11 bits per heavy atom. The van der Waals surface area contributed by atoms with Crippen LogP contribution in [0.4, 0.5) is 0 Å². The first-order valence-corrected chi connectivity index (χ1v) is 8.17. The molecule has 1 atom stereocenters. The highest BCUT2D eigenvalue weighted by atomic mass is 79.9. The van der Waals surface area contributed by atoms with Crippen molar-refractivity contribution >= 4 is 15.9 Å². The Morgan fingerprint density at radius 1 is 1.37 bits per heavy atom. The molecular weight excluding hydrogens is 300 g/mol. The van der Waals surface area contributed by atoms with Gasteiger partial charge in [0, 0.05) is 29.6 Å². The van der Waals surface area contributed by atoms with Crippen LogP contribution in [0.2, 0.25) is 0 Å². The first kappa shape index (κ1) is 15.0. The highest BCUT2D eigenvalue weighted by molar-refractivity contribution is 9.10. The van der Waals surface area contributed by atoms with Crippen molar-refractivity contribution in [3.05, 3.63) is 34.3 Å². The average Bonchev–Trinajstić information content (AvgIpc) is 3.21. The van der Waals surface area contributed by atoms with Gasteiger partial charge in [-0.3, -0.25) is 4.90 Å². The highest BCUT2D eigenvalue weighted by Gasteiger charge is 2.23. The molecule has 1 aromatic carbocycles. The van der Waals surface area contributed by atoms with Crippen LogP contribution in [0.25, 0.3) is 0 Å². The SMILES string of the molecule is CCCC(CNC1CC1)N(C)Cc1ccccc1Br. The van der Waals surface area contributed by atoms with Gasteiger partial charge in [0.05, 0.1) is 0 Å². The monoisotopic (exact) mass is 324 g/mol. The molecule has 1 aliphatic carbocycles. The smallest absolute Gasteiger partial charge is 0.0245 e. The van der Waals surface area contributed by atoms with Gasteiger partial charge >= 0.3 is 0 Å². The zero-order chi connectivity index (χ0) is 13.7. The van der Waals surface area contributed by atoms with Gasteiger partial charge in [0.2, 0.25) is 0 Å². The number of benzene rings is 1. The van der Waals surface area contributed by atoms with Gasteiger partial charge in [0.25, 0.3) is 0 Å². The Morgan fingerprint density at radius 3 is 2.74 bits per heavy atom. The van der Waals surface area contributed by atoms with Gasteiger partial charge in [-0.15, -0.1) is 0 Å². The van der Waals surface area contributed by atoms with Crippen molar-refractivity contribution in [1.82, 2.24) is 10.2 Å². The molecule has 0 amide bonds. The first-order chi connectivity index (χ1) is 9.20. The van der Waals surface area contributed by atoms with E-state index in [1.54, 1.807) is 0 Å². The third-order valence-corrected chi connectivity index (χ3v) is 4.62. The molecule has 1 fully saturated rings. The minimum atomic E-state index is 0.637. The van der Waals surface area contributed by atoms with E-state index in [0.29, 0.717) is 6.04 Å². The summed E-state index contributed by atoms with van der Waals surface area (Å²) in [6, 6.07) is 9.96. The summed E-state index contributed by atoms with van der Waals surface area (Å²) in [7, 11) is 2.24. The van der Waals surface area contributed by atoms with Crippen molar-refractivity contribution < 1.29 is 0 Å². The zero-order valence-electron chi connectivity index (χ0n) is 12.0. The number of nitrogens with one attached hydrogen (secondary N) is 1. The van der Waals surface area contributed by atoms with E-state index in [2.05, 4.69) is 64.4 Å². The van der Waals surface area contributed by atoms with E-state index in [0.717, 1.165) is 19.1 Å². The molecule has 2 rings (SSSR count). The summed E-state index contributed by atoms with van der Waals surface area (Å²) in [6.45, 7) is 4.41. The topological polar surface area (TPSA) is 15.3 Å². The largest absolute Gasteiger partial charge is 0.312 e. The van der Waals surface area contributed by atoms with Crippen molar-refractivity contribution in [2.24, 2.45) is 0 Å². The molecule has 0 bridgehead atoms. The Balaban J connectivity index is 1.89. The van der Waals surface area contributed by atoms with Crippen LogP contribution in [0.3, 0.4) is 0 Å². The summed E-state index contributed by atoms with van der Waals surface area (Å²) in [6.07, 6.45) is 5.25. The van der Waals surface area contributed by atoms with Crippen LogP contribution in [0, 0.1) is 0 Å². The van der Waals surface area contributed by atoms with Crippen molar-refractivity contribution in [1.29, 1.82) is 0 Å². The molecular formula is C16H25BrN2. The molecule has 0 saturated heterocycles. The molecule has 1 saturated carbocycles. The molecule has 1 aromatic rings. The van der Waals surface area contributed by atoms with E-state index in [1.165, 1.54) is 35.7 Å². The molecule has 106 valence electrons. The lowest BCUT2D eigenvalue weighted by Gasteiger charge is -2.28. The predicted octanol–water partition coefficient (Wildman–Crippen LogP) is 3.80. The Kier molecular flexibility index (Phi) is 5.86. The second-order valence-corrected chi connectivity index (χ2v) is 6.49. The quantitative estimate of drug-likeness (QED) is 0.782. The molecule has 0 spiro atoms. The van der Waals surface area contributed by atoms with Gasteiger partial charge in [-0.05, 0) is 37.9 Å². The van der Waals surface area contributed by atoms with Gasteiger partial charge in [-0.25, -0.2) is 0 Å². The van der Waals surface area contributed by atoms with E-state index in [4.69, 9.17) is 0 Å². The number of hydrogen-bond acceptors (Lipinski definition) is 2. The molecule has 3 heteroatoms. The lowest BCUT2D eigenvalue weighted by atomic mass is 10.1. The maximum atomic E-state index is 3.67. The van der Waals surface area contributed by atoms with E-state index in [9.17, 15) is 0 Å². The minimum Gasteiger partial charge on any atom is -0.312 e. The molecule has 0 aliphatic heterocycles. The fourth-order valence-electron chi connectivity index (χ4n) is 2.43. The third-order valence-electron chi connectivity index (χ3n) is 3.84. The fraction of sp³-hybridized carbons (Fsp3) is 0.625. The van der Waals surface area contributed by atoms with Crippen LogP contribution in [-0.4, -0.2) is 30.6 Å². The van der Waals surface area contributed by atoms with Crippen LogP contribution in [0.1, 0.15) is 38.2 Å². The highest BCUT2D eigenvalue weighted by Crippen LogP contribution is 2.21. The van der Waals surface area contributed by atoms with Gasteiger partial charge < -0.3 is 5.32 Å². The van der Waals surface area contributed by atoms with E-state index >= 15 is 0 Å². The van der Waals surface area contributed by atoms with Crippen molar-refractivity contribution in [2.45, 2.75) is 51.2 Å². The van der Waals surface area contributed by atoms with Crippen molar-refractivity contribution in [3.8, 4) is 0 Å². The zero-order valence-corrected chi connectivity index (χ0v) is 13.6. The molecule has 2 nitrogen and oxygen atoms in total. The van der Waals surface area contributed by atoms with Crippen LogP contribution in [-0.2, 0) is 6.54 Å². The predicted molar refractivity (Wildman–Crippen MR) is 85.3 cm³/mol. The molecule has 0 heterocycles. The second-order valence-electron chi connectivity index (χ2n) is 5.63. The average molecular weight is 325 g/mol. The van der Waals surface area contributed by atoms with Crippen LogP contribution in [0.5, 0.6) is 0 Å². The van der Waals surface area contributed by atoms with E-state index < -0.39 is 0 Å². The summed E-state index contributed by atoms with van der Waals surface area (Å²) in [5.41, 5.74) is 1.37. The summed E-state index contributed by atoms with van der Waals surface area (Å²) < 4.78 is 1.22. The standard InChI is InChI=1S/C16H25BrN2/c1-3-6-15(11-18-14-9-10-14)19(2)12-13-7-4-5-8-16(13)17/h4-5,7-8,14-15,18H,3,6,9-12H2,1-2H3. The lowest BCUT2D eigenvalue weighted by molar-refractivity contribution is 0.214. The van der Waals surface area contributed by atoms with Gasteiger partial charge in [-0.2, -0.15) is 0 Å². The first-order valence-electron chi connectivity index (χ1n) is 7.37. The van der Waals surface area contributed by atoms with Gasteiger partial charge in [-0.1, -0.05) is 47.5 Å². The number of likely N-dealkylation sites (N-methyl/N-ethyl adjacent to an activating group) is 1. The van der Waals surface area contributed by atoms with Crippen LogP contribution >= 0.6 is 15.9 Å². The summed E-state index contributed by atoms with van der Waals surface area (Å²) in [4.78, 5) is 2.49. The number of rotatable bonds is 8. The Bertz CT molecular complexity index is 390. The Hall–Kier alpha value is -0.380. The lowest BCUT2D eigenvalue weighted by Crippen LogP contribution is -2.40. The van der Waals surface area contributed by atoms with Crippen LogP contribution < -0.4 is 5.32 Å². The van der Waals surface area contributed by atoms with Gasteiger partial charge in [0.1, 0.15) is 0 Å². The van der Waals surface area contributed by atoms with Crippen LogP contribution in [0.15, 0.2) is 28.7 Å². The number of halogens is 1. The summed E-state index contributed by atoms with van der Waals surface area (Å²) >= 11 is 3.64.